The first-order valence-electron chi connectivity index (χ1n) is 17.3. The zero-order valence-electron chi connectivity index (χ0n) is 27.7. The average Bonchev–Trinajstić information content (AvgIpc) is 3.78. The molecule has 0 atom stereocenters. The van der Waals surface area contributed by atoms with Crippen LogP contribution >= 0.6 is 0 Å². The summed E-state index contributed by atoms with van der Waals surface area (Å²) in [5.41, 5.74) is 20.7. The molecule has 0 amide bonds. The van der Waals surface area contributed by atoms with E-state index in [1.165, 1.54) is 116 Å². The fourth-order valence-corrected chi connectivity index (χ4v) is 8.69. The zero-order chi connectivity index (χ0) is 32.1. The van der Waals surface area contributed by atoms with Crippen LogP contribution in [0.2, 0.25) is 0 Å². The summed E-state index contributed by atoms with van der Waals surface area (Å²) in [6.07, 6.45) is 17.0. The molecule has 0 spiro atoms. The van der Waals surface area contributed by atoms with Gasteiger partial charge >= 0.3 is 0 Å². The van der Waals surface area contributed by atoms with E-state index in [0.29, 0.717) is 0 Å². The van der Waals surface area contributed by atoms with Crippen molar-refractivity contribution in [2.45, 2.75) is 40.0 Å². The highest BCUT2D eigenvalue weighted by atomic mass is 14.4. The van der Waals surface area contributed by atoms with E-state index in [4.69, 9.17) is 0 Å². The average molecular weight is 613 g/mol. The van der Waals surface area contributed by atoms with Crippen LogP contribution in [-0.2, 0) is 19.3 Å². The van der Waals surface area contributed by atoms with Crippen LogP contribution in [0.4, 0.5) is 0 Å². The maximum atomic E-state index is 2.52. The van der Waals surface area contributed by atoms with E-state index in [1.807, 2.05) is 0 Å². The Kier molecular flexibility index (Phi) is 5.91. The molecule has 10 rings (SSSR count). The molecule has 0 heterocycles. The Hall–Kier alpha value is -5.46. The predicted octanol–water partition coefficient (Wildman–Crippen LogP) is 12.3. The Labute approximate surface area is 282 Å². The van der Waals surface area contributed by atoms with Crippen molar-refractivity contribution in [3.8, 4) is 0 Å². The first-order chi connectivity index (χ1) is 23.5. The fourth-order valence-electron chi connectivity index (χ4n) is 8.69. The Balaban J connectivity index is 1.20. The lowest BCUT2D eigenvalue weighted by molar-refractivity contribution is 1.23. The lowest BCUT2D eigenvalue weighted by Gasteiger charge is -2.12. The van der Waals surface area contributed by atoms with Crippen LogP contribution < -0.4 is 0 Å². The minimum atomic E-state index is 0.989. The molecule has 0 heteroatoms. The van der Waals surface area contributed by atoms with Crippen LogP contribution in [-0.4, -0.2) is 0 Å². The number of rotatable bonds is 6. The van der Waals surface area contributed by atoms with Crippen molar-refractivity contribution in [3.63, 3.8) is 0 Å². The van der Waals surface area contributed by atoms with Gasteiger partial charge in [0, 0.05) is 0 Å². The summed E-state index contributed by atoms with van der Waals surface area (Å²) in [6, 6.07) is 34.2. The minimum absolute atomic E-state index is 0.989. The molecule has 48 heavy (non-hydrogen) atoms. The van der Waals surface area contributed by atoms with E-state index in [1.54, 1.807) is 0 Å². The third-order valence-electron chi connectivity index (χ3n) is 11.1. The standard InChI is InChI=1S/C48H36/c1-28-4-10-31(11-5-28)16-19-34-22-37-26-41-36(21-18-33-14-8-30(3)9-15-33)24-39-27-42-35(20-17-32-12-6-29(2)7-13-32)23-38-25-40(34)46-43(37)47(41)45(39)48(42)44(38)46/h4-24H,25-27H2,1-3H3/b19-16+,20-17+,21-18+. The van der Waals surface area contributed by atoms with Gasteiger partial charge in [-0.05, 0) is 139 Å². The van der Waals surface area contributed by atoms with Crippen LogP contribution in [0.15, 0.2) is 91.0 Å². The SMILES string of the molecule is Cc1ccc(/C=C/c2cc3c4c5c2Cc2cc(/C=C/c6ccc(C)cc6)c6c(c25)c2c(cc(/C=C/c5ccc(C)cc5)c(c42)C3)C6)cc1. The second-order valence-corrected chi connectivity index (χ2v) is 14.3. The third kappa shape index (κ3) is 4.15. The van der Waals surface area contributed by atoms with Gasteiger partial charge in [0.05, 0.1) is 0 Å². The maximum absolute atomic E-state index is 2.52. The van der Waals surface area contributed by atoms with Crippen LogP contribution in [0.25, 0.3) is 68.8 Å². The molecule has 0 fully saturated rings. The van der Waals surface area contributed by atoms with Crippen LogP contribution in [0.5, 0.6) is 0 Å². The van der Waals surface area contributed by atoms with Crippen LogP contribution in [0, 0.1) is 20.8 Å². The Bertz CT molecular complexity index is 2280. The molecule has 0 aromatic heterocycles. The molecule has 0 aliphatic heterocycles. The lowest BCUT2D eigenvalue weighted by atomic mass is 9.91. The minimum Gasteiger partial charge on any atom is -0.0587 e. The van der Waals surface area contributed by atoms with Crippen molar-refractivity contribution >= 4 is 68.8 Å². The second-order valence-electron chi connectivity index (χ2n) is 14.3. The summed E-state index contributed by atoms with van der Waals surface area (Å²) in [6.45, 7) is 6.46. The summed E-state index contributed by atoms with van der Waals surface area (Å²) in [7, 11) is 0. The summed E-state index contributed by atoms with van der Waals surface area (Å²) in [4.78, 5) is 0. The molecular formula is C48H36. The molecule has 7 aromatic carbocycles. The molecule has 3 aliphatic carbocycles. The molecule has 228 valence electrons. The summed E-state index contributed by atoms with van der Waals surface area (Å²) >= 11 is 0. The molecule has 0 nitrogen and oxygen atoms in total. The van der Waals surface area contributed by atoms with Gasteiger partial charge in [0.1, 0.15) is 0 Å². The van der Waals surface area contributed by atoms with Gasteiger partial charge in [0.2, 0.25) is 0 Å². The molecule has 0 unspecified atom stereocenters. The highest BCUT2D eigenvalue weighted by Crippen LogP contribution is 2.55. The van der Waals surface area contributed by atoms with Crippen LogP contribution in [0.3, 0.4) is 0 Å². The van der Waals surface area contributed by atoms with Gasteiger partial charge in [-0.1, -0.05) is 144 Å². The molecule has 0 N–H and O–H groups in total. The van der Waals surface area contributed by atoms with E-state index in [2.05, 4.69) is 148 Å². The number of hydrogen-bond acceptors (Lipinski definition) is 0. The van der Waals surface area contributed by atoms with Crippen molar-refractivity contribution in [1.29, 1.82) is 0 Å². The molecule has 7 aromatic rings. The van der Waals surface area contributed by atoms with Gasteiger partial charge in [0.15, 0.2) is 0 Å². The molecular weight excluding hydrogens is 577 g/mol. The van der Waals surface area contributed by atoms with Gasteiger partial charge in [-0.3, -0.25) is 0 Å². The second kappa shape index (κ2) is 10.3. The zero-order valence-corrected chi connectivity index (χ0v) is 27.7. The van der Waals surface area contributed by atoms with Gasteiger partial charge < -0.3 is 0 Å². The first kappa shape index (κ1) is 27.6. The Morgan fingerprint density at radius 1 is 0.333 bits per heavy atom. The fraction of sp³-hybridized carbons (Fsp3) is 0.125. The first-order valence-corrected chi connectivity index (χ1v) is 17.3. The summed E-state index contributed by atoms with van der Waals surface area (Å²) in [5, 5.41) is 9.14. The van der Waals surface area contributed by atoms with E-state index in [9.17, 15) is 0 Å². The highest BCUT2D eigenvalue weighted by Gasteiger charge is 2.34. The van der Waals surface area contributed by atoms with E-state index in [-0.39, 0.29) is 0 Å². The Morgan fingerprint density at radius 2 is 0.604 bits per heavy atom. The number of benzene rings is 7. The van der Waals surface area contributed by atoms with Gasteiger partial charge in [0.25, 0.3) is 0 Å². The molecule has 0 bridgehead atoms. The van der Waals surface area contributed by atoms with Gasteiger partial charge in [-0.2, -0.15) is 0 Å². The maximum Gasteiger partial charge on any atom is -0.000683 e. The van der Waals surface area contributed by atoms with Gasteiger partial charge in [-0.15, -0.1) is 0 Å². The van der Waals surface area contributed by atoms with E-state index in [0.717, 1.165) is 19.3 Å². The quantitative estimate of drug-likeness (QED) is 0.129. The van der Waals surface area contributed by atoms with Crippen molar-refractivity contribution in [2.24, 2.45) is 0 Å². The van der Waals surface area contributed by atoms with Crippen molar-refractivity contribution in [1.82, 2.24) is 0 Å². The molecule has 0 radical (unpaired) electrons. The summed E-state index contributed by atoms with van der Waals surface area (Å²) in [5.74, 6) is 0. The monoisotopic (exact) mass is 612 g/mol. The predicted molar refractivity (Wildman–Crippen MR) is 208 cm³/mol. The molecule has 0 saturated carbocycles. The smallest absolute Gasteiger partial charge is 0.000683 e. The van der Waals surface area contributed by atoms with Crippen LogP contribution in [0.1, 0.15) is 83.5 Å². The molecule has 3 aliphatic rings. The van der Waals surface area contributed by atoms with Crippen molar-refractivity contribution < 1.29 is 0 Å². The third-order valence-corrected chi connectivity index (χ3v) is 11.1. The number of hydrogen-bond donors (Lipinski definition) is 0. The topological polar surface area (TPSA) is 0 Å². The highest BCUT2D eigenvalue weighted by molar-refractivity contribution is 6.34. The van der Waals surface area contributed by atoms with Crippen molar-refractivity contribution in [2.75, 3.05) is 0 Å². The van der Waals surface area contributed by atoms with Crippen molar-refractivity contribution in [3.05, 3.63) is 174 Å². The molecule has 0 saturated heterocycles. The van der Waals surface area contributed by atoms with E-state index < -0.39 is 0 Å². The lowest BCUT2D eigenvalue weighted by Crippen LogP contribution is -1.91. The normalized spacial score (nSPS) is 14.1. The summed E-state index contributed by atoms with van der Waals surface area (Å²) < 4.78 is 0. The van der Waals surface area contributed by atoms with E-state index >= 15 is 0 Å². The Morgan fingerprint density at radius 3 is 0.875 bits per heavy atom. The largest absolute Gasteiger partial charge is 0.0587 e. The number of aryl methyl sites for hydroxylation is 3. The van der Waals surface area contributed by atoms with Gasteiger partial charge in [-0.25, -0.2) is 0 Å².